The van der Waals surface area contributed by atoms with Crippen LogP contribution in [0.15, 0.2) is 28.7 Å². The Labute approximate surface area is 138 Å². The molecule has 0 saturated carbocycles. The lowest BCUT2D eigenvalue weighted by Crippen LogP contribution is -2.56. The van der Waals surface area contributed by atoms with Crippen LogP contribution in [0.4, 0.5) is 0 Å². The van der Waals surface area contributed by atoms with E-state index in [9.17, 15) is 9.59 Å². The Kier molecular flexibility index (Phi) is 6.35. The standard InChI is InChI=1S/C15H20BrN3O3/c1-10-13(17-8-9-22-10)15(21)19-7-6-18-14(20)11-2-4-12(16)5-3-11/h2-5,10,13,17H,6-9H2,1H3,(H,18,20)(H,19,21)/t10-,13+/m1/s1. The van der Waals surface area contributed by atoms with Crippen molar-refractivity contribution in [2.75, 3.05) is 26.2 Å². The van der Waals surface area contributed by atoms with Gasteiger partial charge >= 0.3 is 0 Å². The second-order valence-electron chi connectivity index (χ2n) is 5.06. The highest BCUT2D eigenvalue weighted by molar-refractivity contribution is 9.10. The molecule has 2 rings (SSSR count). The molecule has 0 radical (unpaired) electrons. The molecule has 7 heteroatoms. The number of halogens is 1. The van der Waals surface area contributed by atoms with Crippen LogP contribution in [0, 0.1) is 0 Å². The van der Waals surface area contributed by atoms with Crippen molar-refractivity contribution in [1.29, 1.82) is 0 Å². The van der Waals surface area contributed by atoms with Crippen molar-refractivity contribution in [3.63, 3.8) is 0 Å². The van der Waals surface area contributed by atoms with Gasteiger partial charge in [0.15, 0.2) is 0 Å². The fourth-order valence-corrected chi connectivity index (χ4v) is 2.47. The number of benzene rings is 1. The fourth-order valence-electron chi connectivity index (χ4n) is 2.20. The van der Waals surface area contributed by atoms with Crippen LogP contribution in [-0.4, -0.2) is 50.2 Å². The van der Waals surface area contributed by atoms with E-state index in [1.54, 1.807) is 12.1 Å². The molecule has 0 bridgehead atoms. The quantitative estimate of drug-likeness (QED) is 0.666. The van der Waals surface area contributed by atoms with E-state index in [1.807, 2.05) is 19.1 Å². The van der Waals surface area contributed by atoms with E-state index in [1.165, 1.54) is 0 Å². The second kappa shape index (κ2) is 8.26. The predicted octanol–water partition coefficient (Wildman–Crippen LogP) is 0.672. The molecule has 1 aromatic carbocycles. The lowest BCUT2D eigenvalue weighted by molar-refractivity contribution is -0.128. The van der Waals surface area contributed by atoms with Crippen LogP contribution in [0.5, 0.6) is 0 Å². The van der Waals surface area contributed by atoms with Gasteiger partial charge in [-0.3, -0.25) is 9.59 Å². The van der Waals surface area contributed by atoms with Crippen LogP contribution in [0.1, 0.15) is 17.3 Å². The zero-order valence-electron chi connectivity index (χ0n) is 12.4. The highest BCUT2D eigenvalue weighted by atomic mass is 79.9. The zero-order chi connectivity index (χ0) is 15.9. The first-order valence-corrected chi connectivity index (χ1v) is 8.03. The summed E-state index contributed by atoms with van der Waals surface area (Å²) in [5, 5.41) is 8.68. The predicted molar refractivity (Wildman–Crippen MR) is 86.7 cm³/mol. The number of hydrogen-bond acceptors (Lipinski definition) is 4. The van der Waals surface area contributed by atoms with Gasteiger partial charge in [0.05, 0.1) is 12.7 Å². The van der Waals surface area contributed by atoms with E-state index < -0.39 is 0 Å². The highest BCUT2D eigenvalue weighted by Crippen LogP contribution is 2.10. The average Bonchev–Trinajstić information content (AvgIpc) is 2.52. The van der Waals surface area contributed by atoms with Gasteiger partial charge < -0.3 is 20.7 Å². The Bertz CT molecular complexity index is 521. The Morgan fingerprint density at radius 1 is 1.27 bits per heavy atom. The molecular formula is C15H20BrN3O3. The lowest BCUT2D eigenvalue weighted by Gasteiger charge is -2.29. The summed E-state index contributed by atoms with van der Waals surface area (Å²) in [6.45, 7) is 3.91. The van der Waals surface area contributed by atoms with E-state index in [-0.39, 0.29) is 24.0 Å². The van der Waals surface area contributed by atoms with E-state index >= 15 is 0 Å². The van der Waals surface area contributed by atoms with Gasteiger partial charge in [0.1, 0.15) is 6.04 Å². The molecule has 2 atom stereocenters. The van der Waals surface area contributed by atoms with Crippen LogP contribution in [0.25, 0.3) is 0 Å². The van der Waals surface area contributed by atoms with Gasteiger partial charge in [-0.15, -0.1) is 0 Å². The fraction of sp³-hybridized carbons (Fsp3) is 0.467. The number of carbonyl (C=O) groups is 2. The molecule has 2 amide bonds. The summed E-state index contributed by atoms with van der Waals surface area (Å²) in [5.74, 6) is -0.265. The molecule has 0 aromatic heterocycles. The van der Waals surface area contributed by atoms with Gasteiger partial charge in [-0.2, -0.15) is 0 Å². The molecule has 1 aliphatic heterocycles. The van der Waals surface area contributed by atoms with E-state index in [4.69, 9.17) is 4.74 Å². The Balaban J connectivity index is 1.69. The lowest BCUT2D eigenvalue weighted by atomic mass is 10.1. The van der Waals surface area contributed by atoms with Crippen LogP contribution < -0.4 is 16.0 Å². The maximum atomic E-state index is 12.0. The number of nitrogens with one attached hydrogen (secondary N) is 3. The van der Waals surface area contributed by atoms with Crippen molar-refractivity contribution >= 4 is 27.7 Å². The zero-order valence-corrected chi connectivity index (χ0v) is 14.0. The molecule has 0 aliphatic carbocycles. The average molecular weight is 370 g/mol. The number of morpholine rings is 1. The number of hydrogen-bond donors (Lipinski definition) is 3. The second-order valence-corrected chi connectivity index (χ2v) is 5.98. The maximum absolute atomic E-state index is 12.0. The SMILES string of the molecule is C[C@H]1OCCN[C@@H]1C(=O)NCCNC(=O)c1ccc(Br)cc1. The number of amides is 2. The molecule has 6 nitrogen and oxygen atoms in total. The largest absolute Gasteiger partial charge is 0.375 e. The van der Waals surface area contributed by atoms with E-state index in [0.717, 1.165) is 4.47 Å². The van der Waals surface area contributed by atoms with Crippen molar-refractivity contribution < 1.29 is 14.3 Å². The molecule has 22 heavy (non-hydrogen) atoms. The molecular weight excluding hydrogens is 350 g/mol. The molecule has 1 fully saturated rings. The smallest absolute Gasteiger partial charge is 0.251 e. The van der Waals surface area contributed by atoms with Gasteiger partial charge in [-0.1, -0.05) is 15.9 Å². The maximum Gasteiger partial charge on any atom is 0.251 e. The Morgan fingerprint density at radius 3 is 2.64 bits per heavy atom. The molecule has 1 aromatic rings. The van der Waals surface area contributed by atoms with Crippen molar-refractivity contribution in [2.24, 2.45) is 0 Å². The van der Waals surface area contributed by atoms with E-state index in [2.05, 4.69) is 31.9 Å². The summed E-state index contributed by atoms with van der Waals surface area (Å²) in [6.07, 6.45) is -0.147. The number of ether oxygens (including phenoxy) is 1. The molecule has 0 unspecified atom stereocenters. The van der Waals surface area contributed by atoms with Gasteiger partial charge in [-0.05, 0) is 31.2 Å². The first-order chi connectivity index (χ1) is 10.6. The monoisotopic (exact) mass is 369 g/mol. The summed E-state index contributed by atoms with van der Waals surface area (Å²) in [4.78, 5) is 23.9. The van der Waals surface area contributed by atoms with Crippen molar-refractivity contribution in [3.8, 4) is 0 Å². The Hall–Kier alpha value is -1.44. The van der Waals surface area contributed by atoms with Crippen LogP contribution in [0.3, 0.4) is 0 Å². The first-order valence-electron chi connectivity index (χ1n) is 7.24. The van der Waals surface area contributed by atoms with Crippen molar-refractivity contribution in [1.82, 2.24) is 16.0 Å². The van der Waals surface area contributed by atoms with Gasteiger partial charge in [0.2, 0.25) is 5.91 Å². The first kappa shape index (κ1) is 16.9. The molecule has 1 aliphatic rings. The molecule has 3 N–H and O–H groups in total. The topological polar surface area (TPSA) is 79.5 Å². The van der Waals surface area contributed by atoms with E-state index in [0.29, 0.717) is 31.8 Å². The van der Waals surface area contributed by atoms with Crippen LogP contribution >= 0.6 is 15.9 Å². The normalized spacial score (nSPS) is 21.2. The number of rotatable bonds is 5. The summed E-state index contributed by atoms with van der Waals surface area (Å²) >= 11 is 3.32. The summed E-state index contributed by atoms with van der Waals surface area (Å²) in [5.41, 5.74) is 0.588. The summed E-state index contributed by atoms with van der Waals surface area (Å²) in [6, 6.07) is 6.77. The highest BCUT2D eigenvalue weighted by Gasteiger charge is 2.27. The summed E-state index contributed by atoms with van der Waals surface area (Å²) in [7, 11) is 0. The number of carbonyl (C=O) groups excluding carboxylic acids is 2. The van der Waals surface area contributed by atoms with Gasteiger partial charge in [-0.25, -0.2) is 0 Å². The van der Waals surface area contributed by atoms with Crippen LogP contribution in [0.2, 0.25) is 0 Å². The van der Waals surface area contributed by atoms with Crippen LogP contribution in [-0.2, 0) is 9.53 Å². The minimum Gasteiger partial charge on any atom is -0.375 e. The van der Waals surface area contributed by atoms with Gasteiger partial charge in [0.25, 0.3) is 5.91 Å². The summed E-state index contributed by atoms with van der Waals surface area (Å²) < 4.78 is 6.35. The molecule has 0 spiro atoms. The minimum absolute atomic E-state index is 0.106. The third kappa shape index (κ3) is 4.79. The third-order valence-electron chi connectivity index (χ3n) is 3.42. The third-order valence-corrected chi connectivity index (χ3v) is 3.94. The molecule has 120 valence electrons. The van der Waals surface area contributed by atoms with Gasteiger partial charge in [0, 0.05) is 29.7 Å². The Morgan fingerprint density at radius 2 is 1.95 bits per heavy atom. The molecule has 1 saturated heterocycles. The van der Waals surface area contributed by atoms with Crippen molar-refractivity contribution in [2.45, 2.75) is 19.1 Å². The van der Waals surface area contributed by atoms with Crippen molar-refractivity contribution in [3.05, 3.63) is 34.3 Å². The minimum atomic E-state index is -0.337. The molecule has 1 heterocycles.